The Hall–Kier alpha value is -0.410. The van der Waals surface area contributed by atoms with Gasteiger partial charge in [-0.15, -0.1) is 0 Å². The minimum absolute atomic E-state index is 0.584. The zero-order chi connectivity index (χ0) is 10.4. The summed E-state index contributed by atoms with van der Waals surface area (Å²) in [4.78, 5) is 0. The highest BCUT2D eigenvalue weighted by Crippen LogP contribution is 2.17. The van der Waals surface area contributed by atoms with E-state index < -0.39 is 0 Å². The molecule has 0 spiro atoms. The third kappa shape index (κ3) is 3.76. The van der Waals surface area contributed by atoms with Crippen molar-refractivity contribution < 1.29 is 4.42 Å². The first-order valence-corrected chi connectivity index (χ1v) is 6.23. The molecule has 1 atom stereocenters. The van der Waals surface area contributed by atoms with E-state index in [2.05, 4.69) is 26.1 Å². The maximum absolute atomic E-state index is 5.36. The van der Waals surface area contributed by atoms with Crippen LogP contribution in [0.3, 0.4) is 0 Å². The normalized spacial score (nSPS) is 13.1. The highest BCUT2D eigenvalue weighted by Gasteiger charge is 2.04. The van der Waals surface area contributed by atoms with Crippen LogP contribution in [0.25, 0.3) is 0 Å². The second-order valence-electron chi connectivity index (χ2n) is 3.50. The van der Waals surface area contributed by atoms with Gasteiger partial charge in [-0.3, -0.25) is 0 Å². The predicted octanol–water partition coefficient (Wildman–Crippen LogP) is 2.82. The molecule has 1 rings (SSSR count). The standard InChI is InChI=1S/C11H19NOS/c1-4-12-10(3)7-14-8-11-9(2)5-6-13-11/h5-6,10,12H,4,7-8H2,1-3H3. The summed E-state index contributed by atoms with van der Waals surface area (Å²) >= 11 is 1.92. The lowest BCUT2D eigenvalue weighted by Crippen LogP contribution is -2.27. The maximum atomic E-state index is 5.36. The van der Waals surface area contributed by atoms with Gasteiger partial charge in [0.1, 0.15) is 5.76 Å². The van der Waals surface area contributed by atoms with Gasteiger partial charge in [0.05, 0.1) is 12.0 Å². The summed E-state index contributed by atoms with van der Waals surface area (Å²) in [5.74, 6) is 3.22. The van der Waals surface area contributed by atoms with Crippen LogP contribution in [0.4, 0.5) is 0 Å². The van der Waals surface area contributed by atoms with Crippen molar-refractivity contribution in [3.05, 3.63) is 23.7 Å². The van der Waals surface area contributed by atoms with Crippen LogP contribution in [0.1, 0.15) is 25.2 Å². The second-order valence-corrected chi connectivity index (χ2v) is 4.53. The third-order valence-corrected chi connectivity index (χ3v) is 3.32. The van der Waals surface area contributed by atoms with Gasteiger partial charge < -0.3 is 9.73 Å². The van der Waals surface area contributed by atoms with Gasteiger partial charge in [0.2, 0.25) is 0 Å². The van der Waals surface area contributed by atoms with Gasteiger partial charge in [0.15, 0.2) is 0 Å². The van der Waals surface area contributed by atoms with Crippen molar-refractivity contribution in [1.29, 1.82) is 0 Å². The highest BCUT2D eigenvalue weighted by atomic mass is 32.2. The Morgan fingerprint density at radius 1 is 1.57 bits per heavy atom. The largest absolute Gasteiger partial charge is 0.468 e. The molecule has 0 amide bonds. The van der Waals surface area contributed by atoms with Crippen molar-refractivity contribution in [2.45, 2.75) is 32.6 Å². The summed E-state index contributed by atoms with van der Waals surface area (Å²) in [5.41, 5.74) is 1.26. The minimum Gasteiger partial charge on any atom is -0.468 e. The van der Waals surface area contributed by atoms with E-state index in [0.717, 1.165) is 23.8 Å². The fourth-order valence-electron chi connectivity index (χ4n) is 1.29. The fraction of sp³-hybridized carbons (Fsp3) is 0.636. The highest BCUT2D eigenvalue weighted by molar-refractivity contribution is 7.98. The number of nitrogens with one attached hydrogen (secondary N) is 1. The fourth-order valence-corrected chi connectivity index (χ4v) is 2.36. The molecule has 1 N–H and O–H groups in total. The van der Waals surface area contributed by atoms with Crippen LogP contribution in [0.15, 0.2) is 16.7 Å². The van der Waals surface area contributed by atoms with Gasteiger partial charge in [-0.05, 0) is 32.0 Å². The SMILES string of the molecule is CCNC(C)CSCc1occc1C. The summed E-state index contributed by atoms with van der Waals surface area (Å²) < 4.78 is 5.36. The molecule has 1 unspecified atom stereocenters. The second kappa shape index (κ2) is 6.14. The molecular formula is C11H19NOS. The zero-order valence-electron chi connectivity index (χ0n) is 9.17. The van der Waals surface area contributed by atoms with E-state index in [4.69, 9.17) is 4.42 Å². The molecule has 0 aliphatic carbocycles. The van der Waals surface area contributed by atoms with Crippen molar-refractivity contribution in [2.24, 2.45) is 0 Å². The number of aryl methyl sites for hydroxylation is 1. The first-order valence-electron chi connectivity index (χ1n) is 5.08. The molecule has 0 radical (unpaired) electrons. The average molecular weight is 213 g/mol. The Morgan fingerprint density at radius 2 is 2.36 bits per heavy atom. The Balaban J connectivity index is 2.19. The number of rotatable bonds is 6. The molecule has 80 valence electrons. The van der Waals surface area contributed by atoms with E-state index in [9.17, 15) is 0 Å². The molecule has 0 bridgehead atoms. The number of hydrogen-bond acceptors (Lipinski definition) is 3. The van der Waals surface area contributed by atoms with Crippen molar-refractivity contribution >= 4 is 11.8 Å². The van der Waals surface area contributed by atoms with Crippen LogP contribution >= 0.6 is 11.8 Å². The molecular weight excluding hydrogens is 194 g/mol. The smallest absolute Gasteiger partial charge is 0.116 e. The molecule has 3 heteroatoms. The van der Waals surface area contributed by atoms with E-state index in [-0.39, 0.29) is 0 Å². The monoisotopic (exact) mass is 213 g/mol. The summed E-state index contributed by atoms with van der Waals surface area (Å²) in [6.45, 7) is 7.48. The van der Waals surface area contributed by atoms with Gasteiger partial charge in [-0.25, -0.2) is 0 Å². The van der Waals surface area contributed by atoms with Gasteiger partial charge in [0.25, 0.3) is 0 Å². The molecule has 0 fully saturated rings. The van der Waals surface area contributed by atoms with Gasteiger partial charge in [-0.1, -0.05) is 6.92 Å². The first kappa shape index (κ1) is 11.7. The molecule has 1 aromatic heterocycles. The first-order chi connectivity index (χ1) is 6.74. The predicted molar refractivity (Wildman–Crippen MR) is 62.7 cm³/mol. The van der Waals surface area contributed by atoms with Crippen LogP contribution in [0.5, 0.6) is 0 Å². The van der Waals surface area contributed by atoms with E-state index in [0.29, 0.717) is 6.04 Å². The topological polar surface area (TPSA) is 25.2 Å². The number of hydrogen-bond donors (Lipinski definition) is 1. The van der Waals surface area contributed by atoms with Crippen LogP contribution < -0.4 is 5.32 Å². The molecule has 0 saturated heterocycles. The zero-order valence-corrected chi connectivity index (χ0v) is 9.99. The van der Waals surface area contributed by atoms with E-state index in [1.807, 2.05) is 17.8 Å². The molecule has 0 saturated carbocycles. The molecule has 0 aliphatic rings. The minimum atomic E-state index is 0.584. The van der Waals surface area contributed by atoms with Crippen LogP contribution in [-0.4, -0.2) is 18.3 Å². The van der Waals surface area contributed by atoms with Crippen LogP contribution in [0, 0.1) is 6.92 Å². The quantitative estimate of drug-likeness (QED) is 0.786. The van der Waals surface area contributed by atoms with Crippen molar-refractivity contribution in [2.75, 3.05) is 12.3 Å². The Morgan fingerprint density at radius 3 is 2.93 bits per heavy atom. The summed E-state index contributed by atoms with van der Waals surface area (Å²) in [6, 6.07) is 2.60. The van der Waals surface area contributed by atoms with Gasteiger partial charge >= 0.3 is 0 Å². The number of thioether (sulfide) groups is 1. The van der Waals surface area contributed by atoms with Crippen molar-refractivity contribution in [3.8, 4) is 0 Å². The Kier molecular flexibility index (Phi) is 5.12. The van der Waals surface area contributed by atoms with Crippen LogP contribution in [-0.2, 0) is 5.75 Å². The van der Waals surface area contributed by atoms with Crippen molar-refractivity contribution in [1.82, 2.24) is 5.32 Å². The number of furan rings is 1. The van der Waals surface area contributed by atoms with E-state index >= 15 is 0 Å². The Labute approximate surface area is 90.5 Å². The van der Waals surface area contributed by atoms with E-state index in [1.54, 1.807) is 6.26 Å². The Bertz CT molecular complexity index is 260. The van der Waals surface area contributed by atoms with E-state index in [1.165, 1.54) is 5.56 Å². The molecule has 1 aromatic rings. The van der Waals surface area contributed by atoms with Crippen LogP contribution in [0.2, 0.25) is 0 Å². The lowest BCUT2D eigenvalue weighted by molar-refractivity contribution is 0.527. The summed E-state index contributed by atoms with van der Waals surface area (Å²) in [5, 5.41) is 3.39. The third-order valence-electron chi connectivity index (χ3n) is 2.12. The van der Waals surface area contributed by atoms with Gasteiger partial charge in [0, 0.05) is 11.8 Å². The lowest BCUT2D eigenvalue weighted by Gasteiger charge is -2.10. The maximum Gasteiger partial charge on any atom is 0.116 e. The average Bonchev–Trinajstić information content (AvgIpc) is 2.52. The lowest BCUT2D eigenvalue weighted by atomic mass is 10.3. The van der Waals surface area contributed by atoms with Crippen molar-refractivity contribution in [3.63, 3.8) is 0 Å². The molecule has 0 aliphatic heterocycles. The molecule has 1 heterocycles. The molecule has 14 heavy (non-hydrogen) atoms. The summed E-state index contributed by atoms with van der Waals surface area (Å²) in [7, 11) is 0. The summed E-state index contributed by atoms with van der Waals surface area (Å²) in [6.07, 6.45) is 1.76. The molecule has 0 aromatic carbocycles. The molecule has 2 nitrogen and oxygen atoms in total. The van der Waals surface area contributed by atoms with Gasteiger partial charge in [-0.2, -0.15) is 11.8 Å².